The van der Waals surface area contributed by atoms with Gasteiger partial charge in [-0.15, -0.1) is 11.3 Å². The Morgan fingerprint density at radius 1 is 0.862 bits per heavy atom. The lowest BCUT2D eigenvalue weighted by Gasteiger charge is -2.28. The molecule has 29 heavy (non-hydrogen) atoms. The number of aromatic nitrogens is 1. The molecule has 0 unspecified atom stereocenters. The minimum Gasteiger partial charge on any atom is -0.378 e. The van der Waals surface area contributed by atoms with Gasteiger partial charge in [-0.1, -0.05) is 0 Å². The van der Waals surface area contributed by atoms with Crippen molar-refractivity contribution in [2.24, 2.45) is 0 Å². The maximum Gasteiger partial charge on any atom is 0.289 e. The van der Waals surface area contributed by atoms with Crippen LogP contribution in [-0.4, -0.2) is 69.4 Å². The normalized spacial score (nSPS) is 17.1. The highest BCUT2D eigenvalue weighted by Crippen LogP contribution is 2.21. The van der Waals surface area contributed by atoms with Crippen LogP contribution in [0, 0.1) is 0 Å². The van der Waals surface area contributed by atoms with Crippen LogP contribution in [0.25, 0.3) is 0 Å². The van der Waals surface area contributed by atoms with Crippen LogP contribution >= 0.6 is 11.3 Å². The smallest absolute Gasteiger partial charge is 0.289 e. The number of amides is 2. The monoisotopic (exact) mass is 417 g/mol. The standard InChI is InChI=1S/C19H23N5O4S/c25-17(14-1-3-15(4-2-14)23-5-9-27-10-6-23)21-22-18(26)16-13-29-19(20-16)24-7-11-28-12-8-24/h1-4,13H,5-12H2,(H,21,25)(H,22,26). The van der Waals surface area contributed by atoms with Crippen LogP contribution in [0.15, 0.2) is 29.6 Å². The number of carbonyl (C=O) groups is 2. The zero-order valence-electron chi connectivity index (χ0n) is 15.9. The second-order valence-corrected chi connectivity index (χ2v) is 7.51. The number of benzene rings is 1. The summed E-state index contributed by atoms with van der Waals surface area (Å²) in [7, 11) is 0. The van der Waals surface area contributed by atoms with E-state index in [-0.39, 0.29) is 11.6 Å². The average Bonchev–Trinajstić information content (AvgIpc) is 3.29. The number of carbonyl (C=O) groups excluding carboxylic acids is 2. The van der Waals surface area contributed by atoms with E-state index in [1.54, 1.807) is 17.5 Å². The number of hydrogen-bond donors (Lipinski definition) is 2. The molecular weight excluding hydrogens is 394 g/mol. The molecule has 1 aromatic carbocycles. The highest BCUT2D eigenvalue weighted by molar-refractivity contribution is 7.13. The van der Waals surface area contributed by atoms with E-state index in [4.69, 9.17) is 9.47 Å². The van der Waals surface area contributed by atoms with Crippen LogP contribution in [-0.2, 0) is 9.47 Å². The molecule has 2 N–H and O–H groups in total. The number of thiazole rings is 1. The lowest BCUT2D eigenvalue weighted by atomic mass is 10.2. The predicted octanol–water partition coefficient (Wildman–Crippen LogP) is 0.891. The Labute approximate surface area is 172 Å². The first kappa shape index (κ1) is 19.6. The maximum absolute atomic E-state index is 12.3. The van der Waals surface area contributed by atoms with Crippen molar-refractivity contribution in [1.29, 1.82) is 0 Å². The molecule has 0 bridgehead atoms. The number of morpholine rings is 2. The summed E-state index contributed by atoms with van der Waals surface area (Å²) < 4.78 is 10.7. The number of nitrogens with zero attached hydrogens (tertiary/aromatic N) is 3. The maximum atomic E-state index is 12.3. The third-order valence-electron chi connectivity index (χ3n) is 4.80. The molecule has 0 radical (unpaired) electrons. The first-order valence-electron chi connectivity index (χ1n) is 9.52. The second-order valence-electron chi connectivity index (χ2n) is 6.67. The van der Waals surface area contributed by atoms with Gasteiger partial charge in [0.1, 0.15) is 5.69 Å². The summed E-state index contributed by atoms with van der Waals surface area (Å²) in [5.41, 5.74) is 6.66. The van der Waals surface area contributed by atoms with E-state index in [0.29, 0.717) is 32.0 Å². The van der Waals surface area contributed by atoms with Crippen LogP contribution in [0.5, 0.6) is 0 Å². The van der Waals surface area contributed by atoms with Crippen LogP contribution in [0.2, 0.25) is 0 Å². The number of hydrogen-bond acceptors (Lipinski definition) is 8. The minimum absolute atomic E-state index is 0.277. The third-order valence-corrected chi connectivity index (χ3v) is 5.70. The molecule has 2 amide bonds. The van der Waals surface area contributed by atoms with Gasteiger partial charge in [-0.2, -0.15) is 0 Å². The van der Waals surface area contributed by atoms with Crippen molar-refractivity contribution in [3.05, 3.63) is 40.9 Å². The summed E-state index contributed by atoms with van der Waals surface area (Å²) in [5.74, 6) is -0.824. The van der Waals surface area contributed by atoms with Gasteiger partial charge in [0.25, 0.3) is 11.8 Å². The van der Waals surface area contributed by atoms with E-state index in [1.165, 1.54) is 11.3 Å². The van der Waals surface area contributed by atoms with Crippen LogP contribution in [0.1, 0.15) is 20.8 Å². The van der Waals surface area contributed by atoms with Gasteiger partial charge < -0.3 is 19.3 Å². The zero-order valence-corrected chi connectivity index (χ0v) is 16.7. The summed E-state index contributed by atoms with van der Waals surface area (Å²) in [6.45, 7) is 5.90. The van der Waals surface area contributed by atoms with Gasteiger partial charge in [-0.3, -0.25) is 20.4 Å². The van der Waals surface area contributed by atoms with Gasteiger partial charge in [0, 0.05) is 42.8 Å². The summed E-state index contributed by atoms with van der Waals surface area (Å²) >= 11 is 1.40. The number of nitrogens with one attached hydrogen (secondary N) is 2. The van der Waals surface area contributed by atoms with E-state index in [9.17, 15) is 9.59 Å². The zero-order chi connectivity index (χ0) is 20.1. The summed E-state index contributed by atoms with van der Waals surface area (Å²) in [5, 5.41) is 2.46. The number of rotatable bonds is 4. The Morgan fingerprint density at radius 2 is 1.45 bits per heavy atom. The SMILES string of the molecule is O=C(NNC(=O)c1csc(N2CCOCC2)n1)c1ccc(N2CCOCC2)cc1. The molecule has 3 heterocycles. The molecule has 0 saturated carbocycles. The molecule has 2 aliphatic rings. The molecule has 4 rings (SSSR count). The van der Waals surface area contributed by atoms with Gasteiger partial charge in [-0.25, -0.2) is 4.98 Å². The van der Waals surface area contributed by atoms with Crippen molar-refractivity contribution < 1.29 is 19.1 Å². The average molecular weight is 417 g/mol. The van der Waals surface area contributed by atoms with Gasteiger partial charge in [0.15, 0.2) is 5.13 Å². The first-order chi connectivity index (χ1) is 14.2. The molecule has 10 heteroatoms. The van der Waals surface area contributed by atoms with E-state index in [2.05, 4.69) is 25.6 Å². The molecule has 2 fully saturated rings. The fourth-order valence-corrected chi connectivity index (χ4v) is 4.02. The first-order valence-corrected chi connectivity index (χ1v) is 10.4. The van der Waals surface area contributed by atoms with Crippen LogP contribution in [0.3, 0.4) is 0 Å². The lowest BCUT2D eigenvalue weighted by molar-refractivity contribution is 0.0844. The van der Waals surface area contributed by atoms with Crippen molar-refractivity contribution in [3.8, 4) is 0 Å². The van der Waals surface area contributed by atoms with Crippen molar-refractivity contribution in [3.63, 3.8) is 0 Å². The quantitative estimate of drug-likeness (QED) is 0.714. The van der Waals surface area contributed by atoms with Crippen molar-refractivity contribution in [2.75, 3.05) is 62.4 Å². The Bertz CT molecular complexity index is 845. The van der Waals surface area contributed by atoms with E-state index in [1.807, 2.05) is 12.1 Å². The van der Waals surface area contributed by atoms with Gasteiger partial charge in [0.05, 0.1) is 26.4 Å². The van der Waals surface area contributed by atoms with Gasteiger partial charge in [-0.05, 0) is 24.3 Å². The fourth-order valence-electron chi connectivity index (χ4n) is 3.16. The molecule has 2 saturated heterocycles. The Balaban J connectivity index is 1.29. The van der Waals surface area contributed by atoms with Gasteiger partial charge in [0.2, 0.25) is 0 Å². The van der Waals surface area contributed by atoms with E-state index >= 15 is 0 Å². The topological polar surface area (TPSA) is 96.0 Å². The lowest BCUT2D eigenvalue weighted by Crippen LogP contribution is -2.42. The third kappa shape index (κ3) is 4.84. The Kier molecular flexibility index (Phi) is 6.23. The molecule has 2 aromatic rings. The van der Waals surface area contributed by atoms with Crippen LogP contribution < -0.4 is 20.7 Å². The van der Waals surface area contributed by atoms with E-state index in [0.717, 1.165) is 37.0 Å². The van der Waals surface area contributed by atoms with Crippen molar-refractivity contribution >= 4 is 34.0 Å². The molecule has 1 aromatic heterocycles. The molecule has 2 aliphatic heterocycles. The summed E-state index contributed by atoms with van der Waals surface area (Å²) in [6, 6.07) is 7.28. The van der Waals surface area contributed by atoms with Crippen LogP contribution in [0.4, 0.5) is 10.8 Å². The minimum atomic E-state index is -0.445. The van der Waals surface area contributed by atoms with E-state index < -0.39 is 5.91 Å². The molecule has 0 atom stereocenters. The largest absolute Gasteiger partial charge is 0.378 e. The highest BCUT2D eigenvalue weighted by atomic mass is 32.1. The Morgan fingerprint density at radius 3 is 2.10 bits per heavy atom. The molecule has 9 nitrogen and oxygen atoms in total. The summed E-state index contributed by atoms with van der Waals surface area (Å²) in [6.07, 6.45) is 0. The van der Waals surface area contributed by atoms with Crippen molar-refractivity contribution in [2.45, 2.75) is 0 Å². The number of hydrazine groups is 1. The Hall–Kier alpha value is -2.69. The number of ether oxygens (including phenoxy) is 2. The summed E-state index contributed by atoms with van der Waals surface area (Å²) in [4.78, 5) is 33.3. The fraction of sp³-hybridized carbons (Fsp3) is 0.421. The number of anilines is 2. The van der Waals surface area contributed by atoms with Gasteiger partial charge >= 0.3 is 0 Å². The van der Waals surface area contributed by atoms with Crippen molar-refractivity contribution in [1.82, 2.24) is 15.8 Å². The predicted molar refractivity (Wildman–Crippen MR) is 110 cm³/mol. The molecule has 0 spiro atoms. The molecular formula is C19H23N5O4S. The molecule has 154 valence electrons. The second kappa shape index (κ2) is 9.21. The highest BCUT2D eigenvalue weighted by Gasteiger charge is 2.18. The molecule has 0 aliphatic carbocycles.